The van der Waals surface area contributed by atoms with Crippen molar-refractivity contribution in [2.75, 3.05) is 6.54 Å². The van der Waals surface area contributed by atoms with Gasteiger partial charge in [0.2, 0.25) is 0 Å². The SMILES string of the molecule is O[C@@H]1CCC[N]1. The molecule has 0 bridgehead atoms. The fourth-order valence-corrected chi connectivity index (χ4v) is 0.605. The van der Waals surface area contributed by atoms with Gasteiger partial charge < -0.3 is 5.11 Å². The maximum Gasteiger partial charge on any atom is 0.120 e. The molecule has 1 heterocycles. The lowest BCUT2D eigenvalue weighted by molar-refractivity contribution is 0.157. The Labute approximate surface area is 37.2 Å². The van der Waals surface area contributed by atoms with E-state index in [9.17, 15) is 0 Å². The second-order valence-electron chi connectivity index (χ2n) is 1.53. The third-order valence-electron chi connectivity index (χ3n) is 0.960. The Kier molecular flexibility index (Phi) is 1.08. The molecule has 1 rings (SSSR count). The Bertz CT molecular complexity index is 40.8. The molecule has 1 atom stereocenters. The lowest BCUT2D eigenvalue weighted by Crippen LogP contribution is -2.11. The summed E-state index contributed by atoms with van der Waals surface area (Å²) < 4.78 is 0. The van der Waals surface area contributed by atoms with Crippen molar-refractivity contribution in [3.8, 4) is 0 Å². The Morgan fingerprint density at radius 1 is 1.67 bits per heavy atom. The zero-order valence-corrected chi connectivity index (χ0v) is 3.59. The van der Waals surface area contributed by atoms with Crippen molar-refractivity contribution in [2.24, 2.45) is 0 Å². The molecule has 0 amide bonds. The van der Waals surface area contributed by atoms with E-state index in [0.717, 1.165) is 19.4 Å². The first-order valence-corrected chi connectivity index (χ1v) is 2.24. The van der Waals surface area contributed by atoms with Gasteiger partial charge in [-0.25, -0.2) is 5.32 Å². The lowest BCUT2D eigenvalue weighted by Gasteiger charge is -1.91. The van der Waals surface area contributed by atoms with Gasteiger partial charge in [-0.3, -0.25) is 0 Å². The first-order valence-electron chi connectivity index (χ1n) is 2.24. The maximum absolute atomic E-state index is 8.56. The van der Waals surface area contributed by atoms with Gasteiger partial charge >= 0.3 is 0 Å². The van der Waals surface area contributed by atoms with Crippen LogP contribution in [-0.2, 0) is 0 Å². The third kappa shape index (κ3) is 0.698. The van der Waals surface area contributed by atoms with Crippen molar-refractivity contribution in [3.63, 3.8) is 0 Å². The van der Waals surface area contributed by atoms with Gasteiger partial charge in [0.15, 0.2) is 0 Å². The van der Waals surface area contributed by atoms with Crippen molar-refractivity contribution >= 4 is 0 Å². The second-order valence-corrected chi connectivity index (χ2v) is 1.53. The van der Waals surface area contributed by atoms with E-state index >= 15 is 0 Å². The highest BCUT2D eigenvalue weighted by atomic mass is 16.3. The highest BCUT2D eigenvalue weighted by molar-refractivity contribution is 4.61. The van der Waals surface area contributed by atoms with E-state index in [2.05, 4.69) is 5.32 Å². The smallest absolute Gasteiger partial charge is 0.120 e. The number of aliphatic hydroxyl groups excluding tert-OH is 1. The second kappa shape index (κ2) is 1.58. The largest absolute Gasteiger partial charge is 0.377 e. The van der Waals surface area contributed by atoms with Gasteiger partial charge in [0.05, 0.1) is 0 Å². The van der Waals surface area contributed by atoms with Gasteiger partial charge in [0.1, 0.15) is 6.23 Å². The van der Waals surface area contributed by atoms with Crippen molar-refractivity contribution < 1.29 is 5.11 Å². The quantitative estimate of drug-likeness (QED) is 0.431. The van der Waals surface area contributed by atoms with Crippen LogP contribution in [-0.4, -0.2) is 17.9 Å². The summed E-state index contributed by atoms with van der Waals surface area (Å²) in [7, 11) is 0. The molecule has 0 aliphatic carbocycles. The summed E-state index contributed by atoms with van der Waals surface area (Å²) in [6.45, 7) is 0.862. The Morgan fingerprint density at radius 3 is 2.67 bits per heavy atom. The molecular weight excluding hydrogens is 78.0 g/mol. The Balaban J connectivity index is 2.18. The average molecular weight is 86.1 g/mol. The zero-order valence-electron chi connectivity index (χ0n) is 3.59. The zero-order chi connectivity index (χ0) is 4.41. The first kappa shape index (κ1) is 4.09. The van der Waals surface area contributed by atoms with Crippen LogP contribution in [0.15, 0.2) is 0 Å². The van der Waals surface area contributed by atoms with Crippen LogP contribution in [0, 0.1) is 0 Å². The summed E-state index contributed by atoms with van der Waals surface area (Å²) in [4.78, 5) is 0. The standard InChI is InChI=1S/C4H8NO/c6-4-2-1-3-5-4/h4,6H,1-3H2/t4-/m1/s1. The minimum atomic E-state index is -0.329. The van der Waals surface area contributed by atoms with Crippen LogP contribution in [0.4, 0.5) is 0 Å². The van der Waals surface area contributed by atoms with Crippen molar-refractivity contribution in [1.82, 2.24) is 5.32 Å². The molecule has 2 nitrogen and oxygen atoms in total. The minimum Gasteiger partial charge on any atom is -0.377 e. The lowest BCUT2D eigenvalue weighted by atomic mass is 10.4. The van der Waals surface area contributed by atoms with E-state index < -0.39 is 0 Å². The number of nitrogens with zero attached hydrogens (tertiary/aromatic N) is 1. The molecule has 1 N–H and O–H groups in total. The van der Waals surface area contributed by atoms with E-state index in [4.69, 9.17) is 5.11 Å². The topological polar surface area (TPSA) is 34.3 Å². The minimum absolute atomic E-state index is 0.329. The first-order chi connectivity index (χ1) is 2.89. The summed E-state index contributed by atoms with van der Waals surface area (Å²) in [5.74, 6) is 0. The van der Waals surface area contributed by atoms with Crippen LogP contribution >= 0.6 is 0 Å². The van der Waals surface area contributed by atoms with E-state index in [1.807, 2.05) is 0 Å². The molecule has 1 aliphatic rings. The summed E-state index contributed by atoms with van der Waals surface area (Å²) >= 11 is 0. The van der Waals surface area contributed by atoms with Crippen molar-refractivity contribution in [1.29, 1.82) is 0 Å². The van der Waals surface area contributed by atoms with Crippen LogP contribution in [0.1, 0.15) is 12.8 Å². The van der Waals surface area contributed by atoms with Crippen LogP contribution in [0.2, 0.25) is 0 Å². The highest BCUT2D eigenvalue weighted by Crippen LogP contribution is 2.01. The maximum atomic E-state index is 8.56. The molecule has 1 saturated heterocycles. The van der Waals surface area contributed by atoms with E-state index in [-0.39, 0.29) is 6.23 Å². The Morgan fingerprint density at radius 2 is 2.50 bits per heavy atom. The number of hydrogen-bond donors (Lipinski definition) is 1. The fourth-order valence-electron chi connectivity index (χ4n) is 0.605. The fraction of sp³-hybridized carbons (Fsp3) is 1.00. The van der Waals surface area contributed by atoms with Gasteiger partial charge in [0, 0.05) is 6.54 Å². The molecule has 35 valence electrons. The molecule has 1 radical (unpaired) electrons. The molecule has 0 unspecified atom stereocenters. The normalized spacial score (nSPS) is 34.5. The molecule has 0 aromatic carbocycles. The number of hydrogen-bond acceptors (Lipinski definition) is 1. The van der Waals surface area contributed by atoms with Gasteiger partial charge in [-0.1, -0.05) is 0 Å². The number of rotatable bonds is 0. The molecular formula is C4H8NO. The van der Waals surface area contributed by atoms with E-state index in [1.165, 1.54) is 0 Å². The summed E-state index contributed by atoms with van der Waals surface area (Å²) in [5.41, 5.74) is 0. The van der Waals surface area contributed by atoms with Gasteiger partial charge in [0.25, 0.3) is 0 Å². The molecule has 2 heteroatoms. The summed E-state index contributed by atoms with van der Waals surface area (Å²) in [6, 6.07) is 0. The van der Waals surface area contributed by atoms with Gasteiger partial charge in [-0.15, -0.1) is 0 Å². The molecule has 0 saturated carbocycles. The molecule has 0 spiro atoms. The van der Waals surface area contributed by atoms with Crippen molar-refractivity contribution in [3.05, 3.63) is 0 Å². The summed E-state index contributed by atoms with van der Waals surface area (Å²) in [5, 5.41) is 12.4. The van der Waals surface area contributed by atoms with Crippen LogP contribution in [0.25, 0.3) is 0 Å². The monoisotopic (exact) mass is 86.1 g/mol. The average Bonchev–Trinajstić information content (AvgIpc) is 1.86. The van der Waals surface area contributed by atoms with Crippen LogP contribution < -0.4 is 5.32 Å². The molecule has 0 aromatic heterocycles. The highest BCUT2D eigenvalue weighted by Gasteiger charge is 2.09. The van der Waals surface area contributed by atoms with Gasteiger partial charge in [-0.05, 0) is 12.8 Å². The van der Waals surface area contributed by atoms with Crippen LogP contribution in [0.3, 0.4) is 0 Å². The third-order valence-corrected chi connectivity index (χ3v) is 0.960. The predicted octanol–water partition coefficient (Wildman–Crippen LogP) is -0.297. The predicted molar refractivity (Wildman–Crippen MR) is 22.2 cm³/mol. The molecule has 1 fully saturated rings. The molecule has 6 heavy (non-hydrogen) atoms. The van der Waals surface area contributed by atoms with Gasteiger partial charge in [-0.2, -0.15) is 0 Å². The van der Waals surface area contributed by atoms with Crippen molar-refractivity contribution in [2.45, 2.75) is 19.1 Å². The van der Waals surface area contributed by atoms with Crippen LogP contribution in [0.5, 0.6) is 0 Å². The van der Waals surface area contributed by atoms with E-state index in [1.54, 1.807) is 0 Å². The summed E-state index contributed by atoms with van der Waals surface area (Å²) in [6.07, 6.45) is 1.62. The van der Waals surface area contributed by atoms with E-state index in [0.29, 0.717) is 0 Å². The Hall–Kier alpha value is -0.0800. The molecule has 0 aromatic rings. The number of aliphatic hydroxyl groups is 1. The molecule has 1 aliphatic heterocycles.